The minimum atomic E-state index is -0.518. The number of hydrogen-bond donors (Lipinski definition) is 1. The van der Waals surface area contributed by atoms with Crippen molar-refractivity contribution in [3.8, 4) is 0 Å². The molecule has 0 spiro atoms. The van der Waals surface area contributed by atoms with E-state index in [1.807, 2.05) is 11.0 Å². The van der Waals surface area contributed by atoms with Crippen molar-refractivity contribution in [3.63, 3.8) is 0 Å². The number of β-amino-alcohol motifs (C(OH)–C–C–N with tert-alkyl or cyclic N) is 1. The van der Waals surface area contributed by atoms with Crippen LogP contribution in [0, 0.1) is 18.7 Å². The van der Waals surface area contributed by atoms with Gasteiger partial charge in [-0.1, -0.05) is 0 Å². The summed E-state index contributed by atoms with van der Waals surface area (Å²) in [6.07, 6.45) is 2.59. The van der Waals surface area contributed by atoms with Gasteiger partial charge in [-0.3, -0.25) is 9.59 Å². The normalized spacial score (nSPS) is 25.4. The van der Waals surface area contributed by atoms with Crippen molar-refractivity contribution in [2.75, 3.05) is 31.1 Å². The van der Waals surface area contributed by atoms with E-state index in [0.29, 0.717) is 44.0 Å². The van der Waals surface area contributed by atoms with Gasteiger partial charge in [-0.2, -0.15) is 0 Å². The van der Waals surface area contributed by atoms with Gasteiger partial charge in [-0.15, -0.1) is 0 Å². The molecule has 30 heavy (non-hydrogen) atoms. The van der Waals surface area contributed by atoms with Crippen molar-refractivity contribution < 1.29 is 14.3 Å². The van der Waals surface area contributed by atoms with Crippen LogP contribution in [0.25, 0.3) is 0 Å². The predicted octanol–water partition coefficient (Wildman–Crippen LogP) is 1.52. The summed E-state index contributed by atoms with van der Waals surface area (Å²) in [5.41, 5.74) is 1.37. The van der Waals surface area contributed by atoms with Gasteiger partial charge in [-0.05, 0) is 49.4 Å². The lowest BCUT2D eigenvalue weighted by Crippen LogP contribution is -2.48. The lowest BCUT2D eigenvalue weighted by atomic mass is 9.83. The second-order valence-electron chi connectivity index (χ2n) is 8.75. The zero-order chi connectivity index (χ0) is 21.0. The summed E-state index contributed by atoms with van der Waals surface area (Å²) in [5.74, 6) is 0.0537. The van der Waals surface area contributed by atoms with Crippen LogP contribution in [0.4, 0.5) is 10.2 Å². The van der Waals surface area contributed by atoms with Gasteiger partial charge in [0.25, 0.3) is 11.5 Å². The number of rotatable bonds is 2. The maximum atomic E-state index is 14.6. The molecule has 8 heteroatoms. The van der Waals surface area contributed by atoms with E-state index < -0.39 is 6.10 Å². The second-order valence-corrected chi connectivity index (χ2v) is 8.75. The Morgan fingerprint density at radius 2 is 2.03 bits per heavy atom. The Hall–Kier alpha value is -2.74. The third-order valence-corrected chi connectivity index (χ3v) is 6.65. The number of aryl methyl sites for hydroxylation is 1. The maximum absolute atomic E-state index is 14.6. The molecule has 158 valence electrons. The number of halogens is 1. The standard InChI is InChI=1S/C22H25FN4O3/c1-13-4-6-24-20(19(13)23)26-9-14-8-15(11-26)18-3-2-17(22(30)27(18)10-14)21(29)25-7-5-16(28)12-25/h2-4,6,14-16,28H,5,7-12H2,1H3/t14-,15+,16+/m0/s1. The van der Waals surface area contributed by atoms with E-state index in [1.165, 1.54) is 0 Å². The SMILES string of the molecule is Cc1ccnc(N2C[C@@H]3C[C@H](C2)c2ccc(C(=O)N4CC[C@@H](O)C4)c(=O)n2C3)c1F. The fraction of sp³-hybridized carbons (Fsp3) is 0.500. The highest BCUT2D eigenvalue weighted by Crippen LogP contribution is 2.37. The molecule has 2 aromatic rings. The van der Waals surface area contributed by atoms with Crippen LogP contribution in [0.2, 0.25) is 0 Å². The number of nitrogens with zero attached hydrogens (tertiary/aromatic N) is 4. The van der Waals surface area contributed by atoms with Gasteiger partial charge < -0.3 is 19.5 Å². The Morgan fingerprint density at radius 1 is 1.20 bits per heavy atom. The summed E-state index contributed by atoms with van der Waals surface area (Å²) in [6.45, 7) is 4.21. The maximum Gasteiger partial charge on any atom is 0.263 e. The van der Waals surface area contributed by atoms with Gasteiger partial charge in [0.15, 0.2) is 11.6 Å². The number of pyridine rings is 2. The number of anilines is 1. The number of amides is 1. The molecule has 5 heterocycles. The first kappa shape index (κ1) is 19.2. The van der Waals surface area contributed by atoms with Crippen molar-refractivity contribution in [1.29, 1.82) is 0 Å². The summed E-state index contributed by atoms with van der Waals surface area (Å²) in [4.78, 5) is 33.7. The number of carbonyl (C=O) groups excluding carboxylic acids is 1. The number of aromatic nitrogens is 2. The molecule has 7 nitrogen and oxygen atoms in total. The van der Waals surface area contributed by atoms with Crippen LogP contribution in [0.15, 0.2) is 29.2 Å². The molecule has 0 unspecified atom stereocenters. The third kappa shape index (κ3) is 3.10. The highest BCUT2D eigenvalue weighted by Gasteiger charge is 2.37. The highest BCUT2D eigenvalue weighted by molar-refractivity contribution is 5.94. The Balaban J connectivity index is 1.45. The monoisotopic (exact) mass is 412 g/mol. The smallest absolute Gasteiger partial charge is 0.263 e. The van der Waals surface area contributed by atoms with Crippen LogP contribution >= 0.6 is 0 Å². The average molecular weight is 412 g/mol. The van der Waals surface area contributed by atoms with Gasteiger partial charge in [0.05, 0.1) is 6.10 Å². The molecule has 2 saturated heterocycles. The molecule has 2 aromatic heterocycles. The van der Waals surface area contributed by atoms with Gasteiger partial charge in [0, 0.05) is 50.5 Å². The summed E-state index contributed by atoms with van der Waals surface area (Å²) in [7, 11) is 0. The quantitative estimate of drug-likeness (QED) is 0.809. The topological polar surface area (TPSA) is 78.7 Å². The van der Waals surface area contributed by atoms with Crippen molar-refractivity contribution >= 4 is 11.7 Å². The van der Waals surface area contributed by atoms with Crippen molar-refractivity contribution in [1.82, 2.24) is 14.5 Å². The zero-order valence-electron chi connectivity index (χ0n) is 16.9. The van der Waals surface area contributed by atoms with E-state index in [0.717, 1.165) is 12.1 Å². The Morgan fingerprint density at radius 3 is 2.80 bits per heavy atom. The fourth-order valence-corrected chi connectivity index (χ4v) is 5.12. The lowest BCUT2D eigenvalue weighted by molar-refractivity contribution is 0.0762. The predicted molar refractivity (Wildman–Crippen MR) is 109 cm³/mol. The number of carbonyl (C=O) groups is 1. The Labute approximate surface area is 173 Å². The van der Waals surface area contributed by atoms with Crippen LogP contribution in [0.3, 0.4) is 0 Å². The minimum Gasteiger partial charge on any atom is -0.391 e. The van der Waals surface area contributed by atoms with Gasteiger partial charge in [0.1, 0.15) is 5.56 Å². The van der Waals surface area contributed by atoms with E-state index >= 15 is 0 Å². The summed E-state index contributed by atoms with van der Waals surface area (Å²) < 4.78 is 16.4. The molecule has 1 amide bonds. The van der Waals surface area contributed by atoms with Crippen LogP contribution in [-0.2, 0) is 6.54 Å². The van der Waals surface area contributed by atoms with Crippen molar-refractivity contribution in [2.24, 2.45) is 5.92 Å². The number of aliphatic hydroxyl groups is 1. The summed E-state index contributed by atoms with van der Waals surface area (Å²) in [5, 5.41) is 9.71. The third-order valence-electron chi connectivity index (χ3n) is 6.65. The van der Waals surface area contributed by atoms with Crippen LogP contribution < -0.4 is 10.5 Å². The molecule has 5 rings (SSSR count). The first-order chi connectivity index (χ1) is 14.4. The van der Waals surface area contributed by atoms with E-state index in [1.54, 1.807) is 34.7 Å². The Kier molecular flexibility index (Phi) is 4.61. The molecule has 3 aliphatic heterocycles. The summed E-state index contributed by atoms with van der Waals surface area (Å²) >= 11 is 0. The average Bonchev–Trinajstić information content (AvgIpc) is 3.16. The number of likely N-dealkylation sites (tertiary alicyclic amines) is 1. The molecule has 0 aliphatic carbocycles. The molecular formula is C22H25FN4O3. The number of fused-ring (bicyclic) bond motifs is 4. The fourth-order valence-electron chi connectivity index (χ4n) is 5.12. The van der Waals surface area contributed by atoms with Gasteiger partial charge in [-0.25, -0.2) is 9.37 Å². The van der Waals surface area contributed by atoms with E-state index in [-0.39, 0.29) is 41.2 Å². The molecule has 3 atom stereocenters. The minimum absolute atomic E-state index is 0.0877. The lowest BCUT2D eigenvalue weighted by Gasteiger charge is -2.43. The van der Waals surface area contributed by atoms with Gasteiger partial charge >= 0.3 is 0 Å². The molecule has 2 bridgehead atoms. The molecule has 0 saturated carbocycles. The van der Waals surface area contributed by atoms with Crippen molar-refractivity contribution in [2.45, 2.75) is 38.3 Å². The van der Waals surface area contributed by atoms with Crippen LogP contribution in [0.1, 0.15) is 40.4 Å². The molecular weight excluding hydrogens is 387 g/mol. The summed E-state index contributed by atoms with van der Waals surface area (Å²) in [6, 6.07) is 5.15. The molecule has 3 aliphatic rings. The van der Waals surface area contributed by atoms with E-state index in [9.17, 15) is 19.1 Å². The Bertz CT molecular complexity index is 1070. The van der Waals surface area contributed by atoms with E-state index in [4.69, 9.17) is 0 Å². The second kappa shape index (κ2) is 7.19. The van der Waals surface area contributed by atoms with Crippen LogP contribution in [-0.4, -0.2) is 57.7 Å². The largest absolute Gasteiger partial charge is 0.391 e. The van der Waals surface area contributed by atoms with Gasteiger partial charge in [0.2, 0.25) is 0 Å². The highest BCUT2D eigenvalue weighted by atomic mass is 19.1. The van der Waals surface area contributed by atoms with Crippen molar-refractivity contribution in [3.05, 3.63) is 57.4 Å². The first-order valence-corrected chi connectivity index (χ1v) is 10.5. The number of piperidine rings is 1. The zero-order valence-corrected chi connectivity index (χ0v) is 16.9. The number of hydrogen-bond acceptors (Lipinski definition) is 5. The molecule has 0 radical (unpaired) electrons. The number of aliphatic hydroxyl groups excluding tert-OH is 1. The molecule has 0 aromatic carbocycles. The molecule has 1 N–H and O–H groups in total. The van der Waals surface area contributed by atoms with Crippen LogP contribution in [0.5, 0.6) is 0 Å². The molecule has 2 fully saturated rings. The van der Waals surface area contributed by atoms with E-state index in [2.05, 4.69) is 4.98 Å². The first-order valence-electron chi connectivity index (χ1n) is 10.5.